The molecule has 0 radical (unpaired) electrons. The summed E-state index contributed by atoms with van der Waals surface area (Å²) in [5, 5.41) is 10.8. The quantitative estimate of drug-likeness (QED) is 0.694. The third-order valence-corrected chi connectivity index (χ3v) is 3.35. The van der Waals surface area contributed by atoms with Crippen molar-refractivity contribution in [2.24, 2.45) is 0 Å². The second-order valence-corrected chi connectivity index (χ2v) is 5.06. The molecule has 2 N–H and O–H groups in total. The van der Waals surface area contributed by atoms with Crippen LogP contribution in [0.1, 0.15) is 44.5 Å². The summed E-state index contributed by atoms with van der Waals surface area (Å²) >= 11 is 0. The minimum Gasteiger partial charge on any atom is -0.353 e. The predicted molar refractivity (Wildman–Crippen MR) is 74.8 cm³/mol. The molecule has 1 aliphatic carbocycles. The highest BCUT2D eigenvalue weighted by atomic mass is 16.1. The van der Waals surface area contributed by atoms with Crippen LogP contribution in [-0.4, -0.2) is 28.3 Å². The van der Waals surface area contributed by atoms with E-state index in [-0.39, 0.29) is 5.91 Å². The van der Waals surface area contributed by atoms with Gasteiger partial charge in [-0.15, -0.1) is 0 Å². The van der Waals surface area contributed by atoms with Crippen molar-refractivity contribution in [1.82, 2.24) is 20.4 Å². The molecule has 0 bridgehead atoms. The third-order valence-electron chi connectivity index (χ3n) is 3.35. The smallest absolute Gasteiger partial charge is 0.221 e. The highest BCUT2D eigenvalue weighted by Gasteiger charge is 2.22. The molecular weight excluding hydrogens is 240 g/mol. The van der Waals surface area contributed by atoms with Crippen LogP contribution in [0.2, 0.25) is 0 Å². The van der Waals surface area contributed by atoms with Crippen molar-refractivity contribution in [3.63, 3.8) is 0 Å². The van der Waals surface area contributed by atoms with Gasteiger partial charge in [0.1, 0.15) is 0 Å². The fraction of sp³-hybridized carbons (Fsp3) is 0.714. The summed E-state index contributed by atoms with van der Waals surface area (Å²) in [4.78, 5) is 11.5. The molecule has 19 heavy (non-hydrogen) atoms. The van der Waals surface area contributed by atoms with E-state index in [9.17, 15) is 4.79 Å². The van der Waals surface area contributed by atoms with Crippen LogP contribution in [-0.2, 0) is 24.3 Å². The van der Waals surface area contributed by atoms with Gasteiger partial charge in [0.05, 0.1) is 11.4 Å². The van der Waals surface area contributed by atoms with Crippen molar-refractivity contribution in [2.75, 3.05) is 6.54 Å². The first-order valence-corrected chi connectivity index (χ1v) is 7.28. The maximum absolute atomic E-state index is 11.5. The second-order valence-electron chi connectivity index (χ2n) is 5.06. The molecule has 0 saturated heterocycles. The van der Waals surface area contributed by atoms with Crippen LogP contribution in [0.15, 0.2) is 6.07 Å². The Kier molecular flexibility index (Phi) is 4.96. The van der Waals surface area contributed by atoms with E-state index in [0.29, 0.717) is 12.5 Å². The number of nitrogens with zero attached hydrogens (tertiary/aromatic N) is 2. The molecule has 5 nitrogen and oxygen atoms in total. The predicted octanol–water partition coefficient (Wildman–Crippen LogP) is 1.22. The summed E-state index contributed by atoms with van der Waals surface area (Å²) in [5.41, 5.74) is 2.33. The van der Waals surface area contributed by atoms with Gasteiger partial charge in [-0.3, -0.25) is 9.48 Å². The lowest BCUT2D eigenvalue weighted by molar-refractivity contribution is -0.121. The highest BCUT2D eigenvalue weighted by Crippen LogP contribution is 2.18. The second kappa shape index (κ2) is 6.70. The zero-order chi connectivity index (χ0) is 13.7. The molecule has 1 heterocycles. The normalized spacial score (nSPS) is 14.6. The molecular formula is C14H24N4O. The van der Waals surface area contributed by atoms with E-state index >= 15 is 0 Å². The van der Waals surface area contributed by atoms with Crippen molar-refractivity contribution in [2.45, 2.75) is 58.7 Å². The number of nitrogens with one attached hydrogen (secondary N) is 2. The molecule has 1 saturated carbocycles. The number of amides is 1. The van der Waals surface area contributed by atoms with Crippen LogP contribution < -0.4 is 10.6 Å². The van der Waals surface area contributed by atoms with Crippen LogP contribution in [0.25, 0.3) is 0 Å². The van der Waals surface area contributed by atoms with Crippen molar-refractivity contribution >= 4 is 5.91 Å². The molecule has 2 rings (SSSR count). The van der Waals surface area contributed by atoms with Crippen LogP contribution in [0, 0.1) is 0 Å². The van der Waals surface area contributed by atoms with Crippen LogP contribution >= 0.6 is 0 Å². The van der Waals surface area contributed by atoms with Gasteiger partial charge in [0.2, 0.25) is 5.91 Å². The Balaban J connectivity index is 1.69. The maximum atomic E-state index is 11.5. The van der Waals surface area contributed by atoms with Crippen LogP contribution in [0.4, 0.5) is 0 Å². The average Bonchev–Trinajstić information content (AvgIpc) is 3.12. The van der Waals surface area contributed by atoms with E-state index in [1.165, 1.54) is 5.69 Å². The Hall–Kier alpha value is -1.36. The number of carbonyl (C=O) groups is 1. The number of hydrogen-bond acceptors (Lipinski definition) is 3. The molecule has 0 unspecified atom stereocenters. The fourth-order valence-corrected chi connectivity index (χ4v) is 2.05. The highest BCUT2D eigenvalue weighted by molar-refractivity contribution is 5.76. The van der Waals surface area contributed by atoms with Gasteiger partial charge in [0.25, 0.3) is 0 Å². The summed E-state index contributed by atoms with van der Waals surface area (Å²) in [6, 6.07) is 2.60. The molecule has 5 heteroatoms. The summed E-state index contributed by atoms with van der Waals surface area (Å²) in [6.45, 7) is 6.59. The van der Waals surface area contributed by atoms with Gasteiger partial charge in [-0.05, 0) is 32.3 Å². The summed E-state index contributed by atoms with van der Waals surface area (Å²) in [6.07, 6.45) is 3.81. The van der Waals surface area contributed by atoms with Gasteiger partial charge in [-0.25, -0.2) is 0 Å². The third kappa shape index (κ3) is 4.35. The largest absolute Gasteiger partial charge is 0.353 e. The van der Waals surface area contributed by atoms with E-state index in [4.69, 9.17) is 0 Å². The summed E-state index contributed by atoms with van der Waals surface area (Å²) < 4.78 is 2.02. The minimum absolute atomic E-state index is 0.160. The zero-order valence-electron chi connectivity index (χ0n) is 11.9. The number of aryl methyl sites for hydroxylation is 2. The van der Waals surface area contributed by atoms with Gasteiger partial charge in [0.15, 0.2) is 0 Å². The molecule has 1 aliphatic rings. The lowest BCUT2D eigenvalue weighted by atomic mass is 10.3. The van der Waals surface area contributed by atoms with Crippen LogP contribution in [0.3, 0.4) is 0 Å². The van der Waals surface area contributed by atoms with E-state index in [2.05, 4.69) is 35.6 Å². The summed E-state index contributed by atoms with van der Waals surface area (Å²) in [5.74, 6) is 0.160. The summed E-state index contributed by atoms with van der Waals surface area (Å²) in [7, 11) is 0. The first kappa shape index (κ1) is 14.1. The SMILES string of the molecule is CCc1cc(CNCCC(=O)NC2CC2)n(CC)n1. The first-order chi connectivity index (χ1) is 9.22. The minimum atomic E-state index is 0.160. The number of aromatic nitrogens is 2. The first-order valence-electron chi connectivity index (χ1n) is 7.28. The molecule has 0 aliphatic heterocycles. The van der Waals surface area contributed by atoms with Crippen molar-refractivity contribution in [3.8, 4) is 0 Å². The number of carbonyl (C=O) groups excluding carboxylic acids is 1. The standard InChI is InChI=1S/C14H24N4O/c1-3-11-9-13(18(4-2)17-11)10-15-8-7-14(19)16-12-5-6-12/h9,12,15H,3-8,10H2,1-2H3,(H,16,19). The molecule has 0 spiro atoms. The fourth-order valence-electron chi connectivity index (χ4n) is 2.05. The monoisotopic (exact) mass is 264 g/mol. The number of hydrogen-bond donors (Lipinski definition) is 2. The molecule has 1 fully saturated rings. The van der Waals surface area contributed by atoms with Gasteiger partial charge < -0.3 is 10.6 Å². The van der Waals surface area contributed by atoms with Crippen molar-refractivity contribution in [3.05, 3.63) is 17.5 Å². The van der Waals surface area contributed by atoms with Gasteiger partial charge >= 0.3 is 0 Å². The molecule has 1 aromatic rings. The Morgan fingerprint density at radius 1 is 1.47 bits per heavy atom. The van der Waals surface area contributed by atoms with Crippen molar-refractivity contribution in [1.29, 1.82) is 0 Å². The molecule has 106 valence electrons. The molecule has 1 amide bonds. The van der Waals surface area contributed by atoms with E-state index in [1.54, 1.807) is 0 Å². The van der Waals surface area contributed by atoms with Gasteiger partial charge in [-0.1, -0.05) is 6.92 Å². The molecule has 0 aromatic carbocycles. The average molecular weight is 264 g/mol. The topological polar surface area (TPSA) is 59.0 Å². The maximum Gasteiger partial charge on any atom is 0.221 e. The Bertz CT molecular complexity index is 423. The Morgan fingerprint density at radius 2 is 2.26 bits per heavy atom. The van der Waals surface area contributed by atoms with Crippen molar-refractivity contribution < 1.29 is 4.79 Å². The van der Waals surface area contributed by atoms with E-state index in [0.717, 1.165) is 44.6 Å². The van der Waals surface area contributed by atoms with Crippen LogP contribution in [0.5, 0.6) is 0 Å². The van der Waals surface area contributed by atoms with E-state index in [1.807, 2.05) is 4.68 Å². The zero-order valence-corrected chi connectivity index (χ0v) is 11.9. The molecule has 0 atom stereocenters. The van der Waals surface area contributed by atoms with Gasteiger partial charge in [0, 0.05) is 32.1 Å². The molecule has 1 aromatic heterocycles. The lowest BCUT2D eigenvalue weighted by Crippen LogP contribution is -2.29. The lowest BCUT2D eigenvalue weighted by Gasteiger charge is -2.07. The Morgan fingerprint density at radius 3 is 2.89 bits per heavy atom. The number of rotatable bonds is 8. The Labute approximate surface area is 114 Å². The van der Waals surface area contributed by atoms with E-state index < -0.39 is 0 Å². The van der Waals surface area contributed by atoms with Gasteiger partial charge in [-0.2, -0.15) is 5.10 Å².